The van der Waals surface area contributed by atoms with E-state index in [0.717, 1.165) is 42.6 Å². The first-order valence-electron chi connectivity index (χ1n) is 21.9. The van der Waals surface area contributed by atoms with Gasteiger partial charge in [0.15, 0.2) is 5.78 Å². The van der Waals surface area contributed by atoms with E-state index in [-0.39, 0.29) is 29.1 Å². The van der Waals surface area contributed by atoms with Crippen LogP contribution in [0.15, 0.2) is 132 Å². The number of hydrogen-bond acceptors (Lipinski definition) is 8. The number of anilines is 2. The van der Waals surface area contributed by atoms with Crippen molar-refractivity contribution in [1.29, 1.82) is 0 Å². The van der Waals surface area contributed by atoms with E-state index in [0.29, 0.717) is 84.4 Å². The number of H-pyrrole nitrogens is 1. The lowest BCUT2D eigenvalue weighted by atomic mass is 9.92. The van der Waals surface area contributed by atoms with Crippen LogP contribution in [0.2, 0.25) is 0 Å². The zero-order valence-electron chi connectivity index (χ0n) is 36.0. The second kappa shape index (κ2) is 21.0. The van der Waals surface area contributed by atoms with E-state index in [1.165, 1.54) is 17.7 Å². The number of Topliss-reactive ketones (excluding diaryl/α,β-unsaturated/α-hetero) is 1. The topological polar surface area (TPSA) is 152 Å². The van der Waals surface area contributed by atoms with Crippen LogP contribution < -0.4 is 15.8 Å². The molecule has 1 saturated heterocycles. The summed E-state index contributed by atoms with van der Waals surface area (Å²) in [5, 5.41) is 24.7. The molecule has 63 heavy (non-hydrogen) atoms. The number of nitrogens with one attached hydrogen (secondary N) is 2. The highest BCUT2D eigenvalue weighted by Gasteiger charge is 2.24. The third-order valence-corrected chi connectivity index (χ3v) is 12.1. The third kappa shape index (κ3) is 11.9. The number of carbonyl (C=O) groups excluding carboxylic acids is 3. The Morgan fingerprint density at radius 2 is 1.57 bits per heavy atom. The Morgan fingerprint density at radius 3 is 2.35 bits per heavy atom. The highest BCUT2D eigenvalue weighted by Crippen LogP contribution is 2.32. The number of phenols is 1. The molecule has 0 aliphatic carbocycles. The van der Waals surface area contributed by atoms with Gasteiger partial charge in [0.05, 0.1) is 17.3 Å². The number of ketones is 1. The molecule has 326 valence electrons. The molecule has 2 heterocycles. The van der Waals surface area contributed by atoms with E-state index in [9.17, 15) is 29.4 Å². The van der Waals surface area contributed by atoms with Crippen LogP contribution in [-0.4, -0.2) is 70.7 Å². The number of aromatic nitrogens is 1. The summed E-state index contributed by atoms with van der Waals surface area (Å²) in [7, 11) is 1.74. The number of hydrogen-bond donors (Lipinski definition) is 4. The van der Waals surface area contributed by atoms with Crippen molar-refractivity contribution in [3.63, 3.8) is 0 Å². The maximum absolute atomic E-state index is 13.3. The molecule has 2 amide bonds. The summed E-state index contributed by atoms with van der Waals surface area (Å²) in [6, 6.07) is 39.4. The first kappa shape index (κ1) is 44.5. The number of aliphatic hydroxyl groups is 1. The number of rotatable bonds is 17. The quantitative estimate of drug-likeness (QED) is 0.0663. The summed E-state index contributed by atoms with van der Waals surface area (Å²) >= 11 is 0. The van der Waals surface area contributed by atoms with E-state index >= 15 is 0 Å². The van der Waals surface area contributed by atoms with Crippen LogP contribution in [0.4, 0.5) is 16.2 Å². The maximum Gasteiger partial charge on any atom is 0.411 e. The highest BCUT2D eigenvalue weighted by molar-refractivity contribution is 5.99. The molecule has 0 unspecified atom stereocenters. The number of amides is 2. The minimum absolute atomic E-state index is 0.0147. The summed E-state index contributed by atoms with van der Waals surface area (Å²) in [6.07, 6.45) is 3.40. The maximum atomic E-state index is 13.3. The number of benzene rings is 5. The van der Waals surface area contributed by atoms with Gasteiger partial charge >= 0.3 is 6.09 Å². The number of aromatic amines is 1. The first-order chi connectivity index (χ1) is 30.5. The summed E-state index contributed by atoms with van der Waals surface area (Å²) in [5.74, 6) is 0.258. The van der Waals surface area contributed by atoms with Crippen molar-refractivity contribution in [2.24, 2.45) is 5.92 Å². The fourth-order valence-corrected chi connectivity index (χ4v) is 8.35. The van der Waals surface area contributed by atoms with Gasteiger partial charge in [-0.25, -0.2) is 4.79 Å². The van der Waals surface area contributed by atoms with E-state index in [4.69, 9.17) is 4.74 Å². The van der Waals surface area contributed by atoms with Gasteiger partial charge in [0.1, 0.15) is 11.9 Å². The minimum atomic E-state index is -0.733. The van der Waals surface area contributed by atoms with E-state index in [1.54, 1.807) is 36.2 Å². The van der Waals surface area contributed by atoms with Crippen molar-refractivity contribution in [3.05, 3.63) is 160 Å². The summed E-state index contributed by atoms with van der Waals surface area (Å²) in [6.45, 7) is 4.19. The molecule has 5 aromatic carbocycles. The van der Waals surface area contributed by atoms with Crippen LogP contribution in [0, 0.1) is 5.92 Å². The number of pyridine rings is 1. The van der Waals surface area contributed by atoms with E-state index in [2.05, 4.69) is 46.4 Å². The first-order valence-corrected chi connectivity index (χ1v) is 21.9. The average Bonchev–Trinajstić information content (AvgIpc) is 3.30. The minimum Gasteiger partial charge on any atom is -0.506 e. The fraction of sp³-hybridized carbons (Fsp3) is 0.308. The molecule has 1 aliphatic heterocycles. The van der Waals surface area contributed by atoms with Gasteiger partial charge in [0.2, 0.25) is 11.5 Å². The lowest BCUT2D eigenvalue weighted by Gasteiger charge is -2.31. The number of phenolic OH excluding ortho intramolecular Hbond substituents is 1. The van der Waals surface area contributed by atoms with Gasteiger partial charge in [-0.3, -0.25) is 19.7 Å². The molecule has 1 aliphatic rings. The molecule has 1 aromatic heterocycles. The number of carbonyl (C=O) groups is 3. The molecule has 6 aromatic rings. The van der Waals surface area contributed by atoms with Gasteiger partial charge in [0, 0.05) is 67.8 Å². The van der Waals surface area contributed by atoms with Crippen LogP contribution in [0.1, 0.15) is 78.6 Å². The Balaban J connectivity index is 0.809. The molecule has 11 heteroatoms. The van der Waals surface area contributed by atoms with Gasteiger partial charge in [-0.15, -0.1) is 0 Å². The van der Waals surface area contributed by atoms with Crippen molar-refractivity contribution in [2.45, 2.75) is 70.5 Å². The molecule has 0 spiro atoms. The molecule has 11 nitrogen and oxygen atoms in total. The predicted octanol–water partition coefficient (Wildman–Crippen LogP) is 9.47. The number of nitrogens with zero attached hydrogens (tertiary/aromatic N) is 2. The van der Waals surface area contributed by atoms with Gasteiger partial charge < -0.3 is 29.7 Å². The van der Waals surface area contributed by atoms with E-state index < -0.39 is 12.2 Å². The number of fused-ring (bicyclic) bond motifs is 1. The monoisotopic (exact) mass is 848 g/mol. The number of likely N-dealkylation sites (tertiary alicyclic amines) is 1. The van der Waals surface area contributed by atoms with Gasteiger partial charge in [0.25, 0.3) is 0 Å². The van der Waals surface area contributed by atoms with Crippen molar-refractivity contribution < 1.29 is 29.3 Å². The number of para-hydroxylation sites is 1. The van der Waals surface area contributed by atoms with Gasteiger partial charge in [-0.1, -0.05) is 97.9 Å². The predicted molar refractivity (Wildman–Crippen MR) is 248 cm³/mol. The molecular formula is C52H56N4O7. The van der Waals surface area contributed by atoms with Crippen molar-refractivity contribution in [3.8, 4) is 16.9 Å². The molecule has 2 atom stereocenters. The number of aliphatic hydroxyl groups excluding tert-OH is 1. The Kier molecular flexibility index (Phi) is 14.8. The van der Waals surface area contributed by atoms with Crippen LogP contribution in [0.5, 0.6) is 5.75 Å². The normalized spacial score (nSPS) is 14.2. The van der Waals surface area contributed by atoms with Crippen LogP contribution in [-0.2, 0) is 22.4 Å². The standard InChI is InChI=1S/C52H56N4O7/c1-35(15-23-47(58)43-21-25-48(59)51-44(43)22-26-49(60)54-51)33-37-18-16-36(17-19-37)20-24-46(57)39-11-8-12-40(34-39)55(2)50(61)29-32-56-30-27-41(28-31-56)63-52(62)53-45-14-7-6-13-42(45)38-9-4-3-5-10-38/h3-14,16-19,21-22,25-26,34-35,41,47,58-59H,15,20,23-24,27-33H2,1-2H3,(H,53,62)(H,54,60)/t35-,47-/m0/s1. The lowest BCUT2D eigenvalue weighted by molar-refractivity contribution is -0.118. The zero-order valence-corrected chi connectivity index (χ0v) is 36.0. The third-order valence-electron chi connectivity index (χ3n) is 12.1. The van der Waals surface area contributed by atoms with Gasteiger partial charge in [-0.2, -0.15) is 0 Å². The Labute approximate surface area is 368 Å². The molecule has 4 N–H and O–H groups in total. The largest absolute Gasteiger partial charge is 0.506 e. The fourth-order valence-electron chi connectivity index (χ4n) is 8.35. The number of piperidine rings is 1. The Bertz CT molecular complexity index is 2570. The molecule has 0 bridgehead atoms. The zero-order chi connectivity index (χ0) is 44.3. The smallest absolute Gasteiger partial charge is 0.411 e. The number of ether oxygens (including phenoxy) is 1. The summed E-state index contributed by atoms with van der Waals surface area (Å²) < 4.78 is 5.79. The average molecular weight is 849 g/mol. The van der Waals surface area contributed by atoms with Crippen LogP contribution in [0.25, 0.3) is 22.0 Å². The molecule has 0 radical (unpaired) electrons. The summed E-state index contributed by atoms with van der Waals surface area (Å²) in [4.78, 5) is 57.7. The highest BCUT2D eigenvalue weighted by atomic mass is 16.6. The lowest BCUT2D eigenvalue weighted by Crippen LogP contribution is -2.40. The number of aryl methyl sites for hydroxylation is 1. The second-order valence-electron chi connectivity index (χ2n) is 16.7. The second-order valence-corrected chi connectivity index (χ2v) is 16.7. The van der Waals surface area contributed by atoms with E-state index in [1.807, 2.05) is 66.7 Å². The molecule has 1 fully saturated rings. The van der Waals surface area contributed by atoms with Crippen molar-refractivity contribution >= 4 is 40.1 Å². The van der Waals surface area contributed by atoms with Crippen LogP contribution in [0.3, 0.4) is 0 Å². The molecular weight excluding hydrogens is 793 g/mol. The molecule has 0 saturated carbocycles. The van der Waals surface area contributed by atoms with Gasteiger partial charge in [-0.05, 0) is 97.0 Å². The van der Waals surface area contributed by atoms with Crippen molar-refractivity contribution in [1.82, 2.24) is 9.88 Å². The van der Waals surface area contributed by atoms with Crippen molar-refractivity contribution in [2.75, 3.05) is 36.9 Å². The number of aromatic hydroxyl groups is 1. The van der Waals surface area contributed by atoms with Crippen LogP contribution >= 0.6 is 0 Å². The molecule has 7 rings (SSSR count). The summed E-state index contributed by atoms with van der Waals surface area (Å²) in [5.41, 5.74) is 6.83. The Morgan fingerprint density at radius 1 is 0.841 bits per heavy atom. The SMILES string of the molecule is C[C@@H](CC[C@H](O)c1ccc(O)c2[nH]c(=O)ccc12)Cc1ccc(CCC(=O)c2cccc(N(C)C(=O)CCN3CCC(OC(=O)Nc4ccccc4-c4ccccc4)CC3)c2)cc1. The Hall–Kier alpha value is -6.56.